The highest BCUT2D eigenvalue weighted by molar-refractivity contribution is 7.93. The minimum Gasteiger partial charge on any atom is -0.366 e. The zero-order chi connectivity index (χ0) is 20.5. The molecule has 0 unspecified atom stereocenters. The lowest BCUT2D eigenvalue weighted by Gasteiger charge is -2.05. The Morgan fingerprint density at radius 1 is 1.04 bits per heavy atom. The van der Waals surface area contributed by atoms with Gasteiger partial charge >= 0.3 is 0 Å². The van der Waals surface area contributed by atoms with Crippen molar-refractivity contribution in [2.24, 2.45) is 5.73 Å². The van der Waals surface area contributed by atoms with Gasteiger partial charge < -0.3 is 11.1 Å². The topological polar surface area (TPSA) is 106 Å². The predicted molar refractivity (Wildman–Crippen MR) is 104 cm³/mol. The molecule has 1 heterocycles. The molecule has 1 aromatic heterocycles. The van der Waals surface area contributed by atoms with Gasteiger partial charge in [0, 0.05) is 0 Å². The van der Waals surface area contributed by atoms with Crippen LogP contribution in [0.1, 0.15) is 26.3 Å². The average Bonchev–Trinajstić information content (AvgIpc) is 3.07. The van der Waals surface area contributed by atoms with E-state index in [0.29, 0.717) is 11.3 Å². The molecule has 0 spiro atoms. The summed E-state index contributed by atoms with van der Waals surface area (Å²) in [7, 11) is -3.91. The van der Waals surface area contributed by atoms with E-state index in [1.807, 2.05) is 6.92 Å². The Labute approximate surface area is 164 Å². The van der Waals surface area contributed by atoms with Crippen molar-refractivity contribution < 1.29 is 22.4 Å². The van der Waals surface area contributed by atoms with Gasteiger partial charge in [-0.3, -0.25) is 9.59 Å². The summed E-state index contributed by atoms with van der Waals surface area (Å²) in [6.45, 7) is 1.82. The number of nitrogens with one attached hydrogen (secondary N) is 1. The van der Waals surface area contributed by atoms with E-state index < -0.39 is 27.5 Å². The first-order chi connectivity index (χ1) is 13.2. The largest absolute Gasteiger partial charge is 0.366 e. The van der Waals surface area contributed by atoms with Gasteiger partial charge in [-0.15, -0.1) is 11.3 Å². The second-order valence-electron chi connectivity index (χ2n) is 5.92. The van der Waals surface area contributed by atoms with Gasteiger partial charge in [0.25, 0.3) is 11.8 Å². The highest BCUT2D eigenvalue weighted by Crippen LogP contribution is 2.35. The molecule has 0 bridgehead atoms. The van der Waals surface area contributed by atoms with Crippen LogP contribution in [0.4, 0.5) is 9.39 Å². The fourth-order valence-electron chi connectivity index (χ4n) is 2.43. The molecular weight excluding hydrogens is 403 g/mol. The monoisotopic (exact) mass is 418 g/mol. The second kappa shape index (κ2) is 7.53. The summed E-state index contributed by atoms with van der Waals surface area (Å²) in [4.78, 5) is 24.1. The molecule has 2 aromatic carbocycles. The molecule has 0 saturated heterocycles. The van der Waals surface area contributed by atoms with Gasteiger partial charge in [0.15, 0.2) is 0 Å². The van der Waals surface area contributed by atoms with Gasteiger partial charge in [-0.1, -0.05) is 29.8 Å². The number of halogens is 1. The van der Waals surface area contributed by atoms with E-state index in [1.165, 1.54) is 30.3 Å². The first-order valence-corrected chi connectivity index (χ1v) is 10.3. The third-order valence-electron chi connectivity index (χ3n) is 3.92. The van der Waals surface area contributed by atoms with Crippen molar-refractivity contribution in [3.05, 3.63) is 77.1 Å². The normalized spacial score (nSPS) is 11.2. The van der Waals surface area contributed by atoms with E-state index in [-0.39, 0.29) is 25.2 Å². The van der Waals surface area contributed by atoms with Crippen LogP contribution < -0.4 is 11.1 Å². The lowest BCUT2D eigenvalue weighted by atomic mass is 10.2. The van der Waals surface area contributed by atoms with Crippen LogP contribution in [0, 0.1) is 12.7 Å². The van der Waals surface area contributed by atoms with Crippen LogP contribution in [0.3, 0.4) is 0 Å². The van der Waals surface area contributed by atoms with Crippen LogP contribution in [0.25, 0.3) is 0 Å². The number of amides is 2. The molecule has 0 aliphatic heterocycles. The van der Waals surface area contributed by atoms with Crippen molar-refractivity contribution in [1.82, 2.24) is 0 Å². The first kappa shape index (κ1) is 19.7. The molecule has 9 heteroatoms. The minimum absolute atomic E-state index is 0.0438. The number of nitrogens with two attached hydrogens (primary N) is 1. The Hall–Kier alpha value is -3.04. The van der Waals surface area contributed by atoms with Crippen molar-refractivity contribution in [2.45, 2.75) is 16.0 Å². The molecule has 144 valence electrons. The summed E-state index contributed by atoms with van der Waals surface area (Å²) in [5, 5.41) is 2.31. The van der Waals surface area contributed by atoms with Crippen LogP contribution in [0.5, 0.6) is 0 Å². The first-order valence-electron chi connectivity index (χ1n) is 8.01. The Bertz CT molecular complexity index is 1170. The molecule has 2 amide bonds. The molecule has 0 aliphatic carbocycles. The Kier molecular flexibility index (Phi) is 5.30. The van der Waals surface area contributed by atoms with Crippen molar-refractivity contribution in [1.29, 1.82) is 0 Å². The number of hydrogen-bond donors (Lipinski definition) is 2. The van der Waals surface area contributed by atoms with Crippen LogP contribution in [0.15, 0.2) is 63.7 Å². The third-order valence-corrected chi connectivity index (χ3v) is 7.21. The fourth-order valence-corrected chi connectivity index (χ4v) is 5.19. The lowest BCUT2D eigenvalue weighted by Crippen LogP contribution is -2.17. The average molecular weight is 418 g/mol. The molecule has 0 atom stereocenters. The number of primary amides is 1. The molecule has 3 aromatic rings. The second-order valence-corrected chi connectivity index (χ2v) is 9.15. The summed E-state index contributed by atoms with van der Waals surface area (Å²) in [6.07, 6.45) is 0. The summed E-state index contributed by atoms with van der Waals surface area (Å²) in [6, 6.07) is 12.6. The number of aryl methyl sites for hydroxylation is 1. The van der Waals surface area contributed by atoms with Crippen LogP contribution in [0.2, 0.25) is 0 Å². The maximum Gasteiger partial charge on any atom is 0.259 e. The SMILES string of the molecule is Cc1ccc(S(=O)(=O)c2cc(C(N)=O)c(NC(=O)c3ccccc3F)s2)cc1. The van der Waals surface area contributed by atoms with Gasteiger partial charge in [-0.25, -0.2) is 12.8 Å². The Morgan fingerprint density at radius 2 is 1.68 bits per heavy atom. The number of sulfone groups is 1. The third kappa shape index (κ3) is 3.80. The molecule has 0 saturated carbocycles. The predicted octanol–water partition coefficient (Wildman–Crippen LogP) is 3.38. The van der Waals surface area contributed by atoms with Crippen LogP contribution in [-0.4, -0.2) is 20.2 Å². The summed E-state index contributed by atoms with van der Waals surface area (Å²) < 4.78 is 39.3. The molecule has 6 nitrogen and oxygen atoms in total. The maximum absolute atomic E-state index is 13.8. The Morgan fingerprint density at radius 3 is 2.29 bits per heavy atom. The number of anilines is 1. The number of carbonyl (C=O) groups is 2. The summed E-state index contributed by atoms with van der Waals surface area (Å²) >= 11 is 0.679. The van der Waals surface area contributed by atoms with E-state index >= 15 is 0 Å². The van der Waals surface area contributed by atoms with E-state index in [2.05, 4.69) is 5.32 Å². The lowest BCUT2D eigenvalue weighted by molar-refractivity contribution is 0.100. The molecule has 0 aliphatic rings. The molecule has 0 radical (unpaired) electrons. The smallest absolute Gasteiger partial charge is 0.259 e. The van der Waals surface area contributed by atoms with E-state index in [0.717, 1.165) is 17.7 Å². The number of hydrogen-bond acceptors (Lipinski definition) is 5. The highest BCUT2D eigenvalue weighted by atomic mass is 32.2. The van der Waals surface area contributed by atoms with Crippen molar-refractivity contribution in [3.8, 4) is 0 Å². The molecule has 0 fully saturated rings. The number of benzene rings is 2. The van der Waals surface area contributed by atoms with Gasteiger partial charge in [0.1, 0.15) is 15.0 Å². The number of rotatable bonds is 5. The van der Waals surface area contributed by atoms with E-state index in [9.17, 15) is 22.4 Å². The standard InChI is InChI=1S/C19H15FN2O4S2/c1-11-6-8-12(9-7-11)28(25,26)16-10-14(17(21)23)19(27-16)22-18(24)13-4-2-3-5-15(13)20/h2-10H,1H3,(H2,21,23)(H,22,24). The van der Waals surface area contributed by atoms with E-state index in [4.69, 9.17) is 5.73 Å². The van der Waals surface area contributed by atoms with Gasteiger partial charge in [-0.05, 0) is 37.3 Å². The number of thiophene rings is 1. The van der Waals surface area contributed by atoms with Crippen LogP contribution in [-0.2, 0) is 9.84 Å². The fraction of sp³-hybridized carbons (Fsp3) is 0.0526. The zero-order valence-electron chi connectivity index (χ0n) is 14.6. The van der Waals surface area contributed by atoms with Crippen LogP contribution >= 0.6 is 11.3 Å². The summed E-state index contributed by atoms with van der Waals surface area (Å²) in [5.74, 6) is -2.48. The number of carbonyl (C=O) groups excluding carboxylic acids is 2. The minimum atomic E-state index is -3.91. The van der Waals surface area contributed by atoms with Gasteiger partial charge in [0.05, 0.1) is 16.0 Å². The molecule has 3 N–H and O–H groups in total. The van der Waals surface area contributed by atoms with Gasteiger partial charge in [0.2, 0.25) is 9.84 Å². The van der Waals surface area contributed by atoms with Crippen molar-refractivity contribution >= 4 is 38.0 Å². The zero-order valence-corrected chi connectivity index (χ0v) is 16.2. The quantitative estimate of drug-likeness (QED) is 0.662. The van der Waals surface area contributed by atoms with E-state index in [1.54, 1.807) is 12.1 Å². The van der Waals surface area contributed by atoms with Gasteiger partial charge in [-0.2, -0.15) is 0 Å². The van der Waals surface area contributed by atoms with Crippen molar-refractivity contribution in [3.63, 3.8) is 0 Å². The highest BCUT2D eigenvalue weighted by Gasteiger charge is 2.26. The molecule has 28 heavy (non-hydrogen) atoms. The molecule has 3 rings (SSSR count). The van der Waals surface area contributed by atoms with Crippen molar-refractivity contribution in [2.75, 3.05) is 5.32 Å². The summed E-state index contributed by atoms with van der Waals surface area (Å²) in [5.41, 5.74) is 5.80. The molecular formula is C19H15FN2O4S2. The Balaban J connectivity index is 2.01. The maximum atomic E-state index is 13.8.